The highest BCUT2D eigenvalue weighted by atomic mass is 16.5. The van der Waals surface area contributed by atoms with E-state index in [1.807, 2.05) is 12.1 Å². The number of methoxy groups -OCH3 is 4. The zero-order valence-corrected chi connectivity index (χ0v) is 17.7. The van der Waals surface area contributed by atoms with Crippen molar-refractivity contribution in [3.63, 3.8) is 0 Å². The second-order valence-corrected chi connectivity index (χ2v) is 6.43. The molecule has 0 heterocycles. The van der Waals surface area contributed by atoms with Gasteiger partial charge in [0.15, 0.2) is 23.0 Å². The summed E-state index contributed by atoms with van der Waals surface area (Å²) in [6, 6.07) is 10.7. The van der Waals surface area contributed by atoms with Gasteiger partial charge in [0, 0.05) is 13.1 Å². The molecule has 0 bridgehead atoms. The number of rotatable bonds is 11. The minimum Gasteiger partial charge on any atom is -0.493 e. The Hall–Kier alpha value is -3.42. The van der Waals surface area contributed by atoms with Crippen molar-refractivity contribution in [3.8, 4) is 23.0 Å². The van der Waals surface area contributed by atoms with Gasteiger partial charge in [-0.15, -0.1) is 0 Å². The number of hydrogen-bond acceptors (Lipinski definition) is 6. The van der Waals surface area contributed by atoms with Gasteiger partial charge in [-0.25, -0.2) is 0 Å². The molecule has 0 aromatic heterocycles. The Bertz CT molecular complexity index is 797. The van der Waals surface area contributed by atoms with E-state index in [-0.39, 0.29) is 24.7 Å². The second-order valence-electron chi connectivity index (χ2n) is 6.43. The summed E-state index contributed by atoms with van der Waals surface area (Å²) in [6.45, 7) is 0.674. The lowest BCUT2D eigenvalue weighted by Crippen LogP contribution is -2.35. The van der Waals surface area contributed by atoms with Crippen LogP contribution in [0, 0.1) is 0 Å². The molecule has 0 saturated carbocycles. The molecule has 0 atom stereocenters. The molecule has 0 saturated heterocycles. The largest absolute Gasteiger partial charge is 0.493 e. The van der Waals surface area contributed by atoms with Gasteiger partial charge in [0.25, 0.3) is 0 Å². The van der Waals surface area contributed by atoms with Crippen LogP contribution in [0.4, 0.5) is 0 Å². The first-order chi connectivity index (χ1) is 14.5. The zero-order valence-electron chi connectivity index (χ0n) is 17.7. The van der Waals surface area contributed by atoms with E-state index in [0.29, 0.717) is 36.1 Å². The van der Waals surface area contributed by atoms with Crippen LogP contribution in [0.15, 0.2) is 36.4 Å². The van der Waals surface area contributed by atoms with Crippen LogP contribution in [0.25, 0.3) is 0 Å². The Morgan fingerprint density at radius 3 is 1.33 bits per heavy atom. The molecular weight excluding hydrogens is 388 g/mol. The molecule has 2 aromatic carbocycles. The van der Waals surface area contributed by atoms with Gasteiger partial charge in [0.05, 0.1) is 41.3 Å². The molecule has 0 aliphatic carbocycles. The standard InChI is InChI=1S/C22H28N2O6/c1-27-17-7-5-15(11-19(17)29-3)13-21(25)23-9-10-24-22(26)14-16-6-8-18(28-2)20(12-16)30-4/h5-8,11-12H,9-10,13-14H2,1-4H3,(H,23,25)(H,24,26). The minimum atomic E-state index is -0.142. The van der Waals surface area contributed by atoms with Crippen LogP contribution >= 0.6 is 0 Å². The zero-order chi connectivity index (χ0) is 21.9. The molecule has 2 N–H and O–H groups in total. The third-order valence-electron chi connectivity index (χ3n) is 4.39. The molecule has 162 valence electrons. The van der Waals surface area contributed by atoms with Crippen molar-refractivity contribution < 1.29 is 28.5 Å². The predicted octanol–water partition coefficient (Wildman–Crippen LogP) is 1.74. The summed E-state index contributed by atoms with van der Waals surface area (Å²) < 4.78 is 20.9. The molecule has 2 amide bonds. The van der Waals surface area contributed by atoms with E-state index in [9.17, 15) is 9.59 Å². The molecule has 0 aliphatic rings. The average molecular weight is 416 g/mol. The van der Waals surface area contributed by atoms with Gasteiger partial charge in [-0.1, -0.05) is 12.1 Å². The van der Waals surface area contributed by atoms with Crippen molar-refractivity contribution in [2.45, 2.75) is 12.8 Å². The van der Waals surface area contributed by atoms with E-state index in [1.165, 1.54) is 0 Å². The number of carbonyl (C=O) groups excluding carboxylic acids is 2. The fourth-order valence-corrected chi connectivity index (χ4v) is 2.88. The number of hydrogen-bond donors (Lipinski definition) is 2. The van der Waals surface area contributed by atoms with Gasteiger partial charge in [0.1, 0.15) is 0 Å². The summed E-state index contributed by atoms with van der Waals surface area (Å²) in [5, 5.41) is 5.58. The van der Waals surface area contributed by atoms with Crippen LogP contribution in [-0.2, 0) is 22.4 Å². The number of carbonyl (C=O) groups is 2. The van der Waals surface area contributed by atoms with Gasteiger partial charge in [-0.3, -0.25) is 9.59 Å². The fourth-order valence-electron chi connectivity index (χ4n) is 2.88. The van der Waals surface area contributed by atoms with Crippen molar-refractivity contribution in [2.24, 2.45) is 0 Å². The Kier molecular flexibility index (Phi) is 8.80. The number of benzene rings is 2. The monoisotopic (exact) mass is 416 g/mol. The number of nitrogens with one attached hydrogen (secondary N) is 2. The van der Waals surface area contributed by atoms with Gasteiger partial charge < -0.3 is 29.6 Å². The Morgan fingerprint density at radius 2 is 1.00 bits per heavy atom. The molecule has 30 heavy (non-hydrogen) atoms. The Balaban J connectivity index is 1.74. The lowest BCUT2D eigenvalue weighted by atomic mass is 10.1. The Morgan fingerprint density at radius 1 is 0.633 bits per heavy atom. The molecule has 2 aromatic rings. The van der Waals surface area contributed by atoms with Crippen LogP contribution in [-0.4, -0.2) is 53.3 Å². The molecule has 0 fully saturated rings. The number of amides is 2. The average Bonchev–Trinajstić information content (AvgIpc) is 2.76. The first kappa shape index (κ1) is 22.9. The lowest BCUT2D eigenvalue weighted by molar-refractivity contribution is -0.122. The highest BCUT2D eigenvalue weighted by Crippen LogP contribution is 2.28. The summed E-state index contributed by atoms with van der Waals surface area (Å²) >= 11 is 0. The second kappa shape index (κ2) is 11.5. The molecule has 0 unspecified atom stereocenters. The van der Waals surface area contributed by atoms with E-state index in [2.05, 4.69) is 10.6 Å². The minimum absolute atomic E-state index is 0.142. The van der Waals surface area contributed by atoms with Crippen LogP contribution in [0.5, 0.6) is 23.0 Å². The number of ether oxygens (including phenoxy) is 4. The molecule has 0 spiro atoms. The van der Waals surface area contributed by atoms with E-state index in [0.717, 1.165) is 11.1 Å². The topological polar surface area (TPSA) is 95.1 Å². The summed E-state index contributed by atoms with van der Waals surface area (Å²) in [5.41, 5.74) is 1.62. The summed E-state index contributed by atoms with van der Waals surface area (Å²) in [4.78, 5) is 24.2. The van der Waals surface area contributed by atoms with Gasteiger partial charge in [-0.2, -0.15) is 0 Å². The normalized spacial score (nSPS) is 10.1. The van der Waals surface area contributed by atoms with Gasteiger partial charge >= 0.3 is 0 Å². The summed E-state index contributed by atoms with van der Waals surface area (Å²) in [7, 11) is 6.21. The van der Waals surface area contributed by atoms with E-state index in [1.54, 1.807) is 52.7 Å². The summed E-state index contributed by atoms with van der Waals surface area (Å²) in [5.74, 6) is 2.08. The van der Waals surface area contributed by atoms with Crippen LogP contribution in [0.1, 0.15) is 11.1 Å². The lowest BCUT2D eigenvalue weighted by Gasteiger charge is -2.11. The van der Waals surface area contributed by atoms with Crippen molar-refractivity contribution in [3.05, 3.63) is 47.5 Å². The van der Waals surface area contributed by atoms with Crippen molar-refractivity contribution >= 4 is 11.8 Å². The fraction of sp³-hybridized carbons (Fsp3) is 0.364. The predicted molar refractivity (Wildman–Crippen MR) is 113 cm³/mol. The van der Waals surface area contributed by atoms with E-state index < -0.39 is 0 Å². The maximum Gasteiger partial charge on any atom is 0.224 e. The van der Waals surface area contributed by atoms with Gasteiger partial charge in [0.2, 0.25) is 11.8 Å². The van der Waals surface area contributed by atoms with Crippen molar-refractivity contribution in [1.29, 1.82) is 0 Å². The van der Waals surface area contributed by atoms with Crippen molar-refractivity contribution in [1.82, 2.24) is 10.6 Å². The van der Waals surface area contributed by atoms with Crippen molar-refractivity contribution in [2.75, 3.05) is 41.5 Å². The highest BCUT2D eigenvalue weighted by Gasteiger charge is 2.10. The van der Waals surface area contributed by atoms with Crippen LogP contribution < -0.4 is 29.6 Å². The maximum absolute atomic E-state index is 12.1. The van der Waals surface area contributed by atoms with E-state index >= 15 is 0 Å². The van der Waals surface area contributed by atoms with Crippen LogP contribution in [0.2, 0.25) is 0 Å². The van der Waals surface area contributed by atoms with E-state index in [4.69, 9.17) is 18.9 Å². The quantitative estimate of drug-likeness (QED) is 0.542. The van der Waals surface area contributed by atoms with Crippen LogP contribution in [0.3, 0.4) is 0 Å². The third-order valence-corrected chi connectivity index (χ3v) is 4.39. The molecule has 2 rings (SSSR count). The SMILES string of the molecule is COc1ccc(CC(=O)NCCNC(=O)Cc2ccc(OC)c(OC)c2)cc1OC. The molecular formula is C22H28N2O6. The Labute approximate surface area is 176 Å². The highest BCUT2D eigenvalue weighted by molar-refractivity contribution is 5.80. The third kappa shape index (κ3) is 6.58. The first-order valence-electron chi connectivity index (χ1n) is 9.46. The maximum atomic E-state index is 12.1. The smallest absolute Gasteiger partial charge is 0.224 e. The molecule has 8 heteroatoms. The summed E-state index contributed by atoms with van der Waals surface area (Å²) in [6.07, 6.45) is 0.417. The molecule has 0 radical (unpaired) electrons. The molecule has 8 nitrogen and oxygen atoms in total. The first-order valence-corrected chi connectivity index (χ1v) is 9.46. The molecule has 0 aliphatic heterocycles. The van der Waals surface area contributed by atoms with Gasteiger partial charge in [-0.05, 0) is 35.4 Å².